The first-order valence-electron chi connectivity index (χ1n) is 9.80. The van der Waals surface area contributed by atoms with E-state index in [1.807, 2.05) is 6.92 Å². The lowest BCUT2D eigenvalue weighted by Crippen LogP contribution is -2.39. The van der Waals surface area contributed by atoms with Gasteiger partial charge in [0.2, 0.25) is 17.6 Å². The summed E-state index contributed by atoms with van der Waals surface area (Å²) in [5.41, 5.74) is 1.33. The second-order valence-corrected chi connectivity index (χ2v) is 7.25. The van der Waals surface area contributed by atoms with E-state index < -0.39 is 6.04 Å². The average molecular weight is 445 g/mol. The number of nitrogens with one attached hydrogen (secondary N) is 2. The van der Waals surface area contributed by atoms with Crippen molar-refractivity contribution in [3.05, 3.63) is 64.9 Å². The van der Waals surface area contributed by atoms with Gasteiger partial charge in [-0.25, -0.2) is 4.39 Å². The lowest BCUT2D eigenvalue weighted by Gasteiger charge is -2.13. The smallest absolute Gasteiger partial charge is 0.246 e. The predicted octanol–water partition coefficient (Wildman–Crippen LogP) is 2.56. The zero-order valence-electron chi connectivity index (χ0n) is 16.9. The van der Waals surface area contributed by atoms with E-state index >= 15 is 0 Å². The lowest BCUT2D eigenvalue weighted by atomic mass is 10.1. The van der Waals surface area contributed by atoms with Crippen LogP contribution in [0.25, 0.3) is 11.4 Å². The molecule has 162 valence electrons. The van der Waals surface area contributed by atoms with Gasteiger partial charge in [-0.2, -0.15) is 4.80 Å². The number of rotatable bonds is 9. The molecular formula is C21H22ClFN6O2. The standard InChI is InChI=1S/C21H22ClFN6O2/c1-2-18(29-27-20(26-28-29)15-6-8-16(22)9-7-15)21(31)25-11-10-24-19(30)13-14-4-3-5-17(23)12-14/h3-9,12,18H,2,10-11,13H2,1H3,(H,24,30)(H,25,31). The summed E-state index contributed by atoms with van der Waals surface area (Å²) in [4.78, 5) is 25.8. The van der Waals surface area contributed by atoms with E-state index in [2.05, 4.69) is 26.0 Å². The molecule has 2 amide bonds. The molecule has 2 aromatic carbocycles. The molecule has 1 unspecified atom stereocenters. The van der Waals surface area contributed by atoms with Crippen molar-refractivity contribution in [1.29, 1.82) is 0 Å². The third-order valence-electron chi connectivity index (χ3n) is 4.50. The highest BCUT2D eigenvalue weighted by Crippen LogP contribution is 2.18. The summed E-state index contributed by atoms with van der Waals surface area (Å²) >= 11 is 5.89. The Balaban J connectivity index is 1.48. The molecule has 0 saturated carbocycles. The fourth-order valence-corrected chi connectivity index (χ4v) is 3.05. The molecular weight excluding hydrogens is 423 g/mol. The molecule has 0 fully saturated rings. The Labute approximate surface area is 183 Å². The number of hydrogen-bond acceptors (Lipinski definition) is 5. The first kappa shape index (κ1) is 22.4. The molecule has 0 bridgehead atoms. The van der Waals surface area contributed by atoms with Crippen molar-refractivity contribution in [2.24, 2.45) is 0 Å². The molecule has 2 N–H and O–H groups in total. The van der Waals surface area contributed by atoms with E-state index in [4.69, 9.17) is 11.6 Å². The van der Waals surface area contributed by atoms with Gasteiger partial charge in [-0.15, -0.1) is 10.2 Å². The Kier molecular flexibility index (Phi) is 7.66. The number of carbonyl (C=O) groups excluding carboxylic acids is 2. The summed E-state index contributed by atoms with van der Waals surface area (Å²) in [6, 6.07) is 12.2. The Bertz CT molecular complexity index is 1040. The molecule has 0 aliphatic heterocycles. The van der Waals surface area contributed by atoms with Crippen molar-refractivity contribution in [1.82, 2.24) is 30.8 Å². The van der Waals surface area contributed by atoms with E-state index in [1.165, 1.54) is 16.9 Å². The maximum Gasteiger partial charge on any atom is 0.246 e. The number of nitrogens with zero attached hydrogens (tertiary/aromatic N) is 4. The Morgan fingerprint density at radius 3 is 2.58 bits per heavy atom. The summed E-state index contributed by atoms with van der Waals surface area (Å²) in [7, 11) is 0. The van der Waals surface area contributed by atoms with Gasteiger partial charge in [0.05, 0.1) is 6.42 Å². The van der Waals surface area contributed by atoms with Gasteiger partial charge in [-0.05, 0) is 53.6 Å². The third kappa shape index (κ3) is 6.32. The van der Waals surface area contributed by atoms with Crippen LogP contribution in [0.1, 0.15) is 24.9 Å². The first-order chi connectivity index (χ1) is 15.0. The van der Waals surface area contributed by atoms with Crippen LogP contribution in [0.2, 0.25) is 5.02 Å². The maximum atomic E-state index is 13.2. The number of hydrogen-bond donors (Lipinski definition) is 2. The van der Waals surface area contributed by atoms with Crippen LogP contribution < -0.4 is 10.6 Å². The summed E-state index contributed by atoms with van der Waals surface area (Å²) in [6.45, 7) is 2.33. The zero-order valence-corrected chi connectivity index (χ0v) is 17.6. The second-order valence-electron chi connectivity index (χ2n) is 6.81. The quantitative estimate of drug-likeness (QED) is 0.494. The highest BCUT2D eigenvalue weighted by molar-refractivity contribution is 6.30. The fourth-order valence-electron chi connectivity index (χ4n) is 2.93. The monoisotopic (exact) mass is 444 g/mol. The normalized spacial score (nSPS) is 11.7. The molecule has 0 spiro atoms. The van der Waals surface area contributed by atoms with E-state index in [0.29, 0.717) is 22.8 Å². The molecule has 10 heteroatoms. The van der Waals surface area contributed by atoms with Crippen LogP contribution in [0, 0.1) is 5.82 Å². The van der Waals surface area contributed by atoms with E-state index in [-0.39, 0.29) is 37.1 Å². The Morgan fingerprint density at radius 1 is 1.13 bits per heavy atom. The highest BCUT2D eigenvalue weighted by Gasteiger charge is 2.21. The van der Waals surface area contributed by atoms with Crippen molar-refractivity contribution >= 4 is 23.4 Å². The van der Waals surface area contributed by atoms with Gasteiger partial charge in [0.1, 0.15) is 5.82 Å². The van der Waals surface area contributed by atoms with Crippen LogP contribution in [0.5, 0.6) is 0 Å². The molecule has 1 aromatic heterocycles. The minimum Gasteiger partial charge on any atom is -0.354 e. The predicted molar refractivity (Wildman–Crippen MR) is 114 cm³/mol. The number of tetrazole rings is 1. The Hall–Kier alpha value is -3.33. The van der Waals surface area contributed by atoms with Gasteiger partial charge in [0.15, 0.2) is 6.04 Å². The zero-order chi connectivity index (χ0) is 22.2. The first-order valence-corrected chi connectivity index (χ1v) is 10.2. The van der Waals surface area contributed by atoms with Crippen LogP contribution in [0.3, 0.4) is 0 Å². The molecule has 8 nitrogen and oxygen atoms in total. The van der Waals surface area contributed by atoms with Gasteiger partial charge in [-0.1, -0.05) is 30.7 Å². The van der Waals surface area contributed by atoms with E-state index in [1.54, 1.807) is 36.4 Å². The minimum atomic E-state index is -0.628. The third-order valence-corrected chi connectivity index (χ3v) is 4.75. The molecule has 3 aromatic rings. The number of amides is 2. The summed E-state index contributed by atoms with van der Waals surface area (Å²) in [5, 5.41) is 18.4. The highest BCUT2D eigenvalue weighted by atomic mass is 35.5. The lowest BCUT2D eigenvalue weighted by molar-refractivity contribution is -0.125. The van der Waals surface area contributed by atoms with Gasteiger partial charge in [0.25, 0.3) is 0 Å². The summed E-state index contributed by atoms with van der Waals surface area (Å²) < 4.78 is 13.2. The molecule has 3 rings (SSSR count). The molecule has 1 heterocycles. The SMILES string of the molecule is CCC(C(=O)NCCNC(=O)Cc1cccc(F)c1)n1nnc(-c2ccc(Cl)cc2)n1. The van der Waals surface area contributed by atoms with Crippen LogP contribution in [0.15, 0.2) is 48.5 Å². The van der Waals surface area contributed by atoms with Crippen molar-refractivity contribution in [2.75, 3.05) is 13.1 Å². The topological polar surface area (TPSA) is 102 Å². The van der Waals surface area contributed by atoms with Gasteiger partial charge in [-0.3, -0.25) is 9.59 Å². The molecule has 0 aliphatic rings. The fraction of sp³-hybridized carbons (Fsp3) is 0.286. The number of benzene rings is 2. The molecule has 0 saturated heterocycles. The largest absolute Gasteiger partial charge is 0.354 e. The van der Waals surface area contributed by atoms with Crippen molar-refractivity contribution in [2.45, 2.75) is 25.8 Å². The average Bonchev–Trinajstić information content (AvgIpc) is 3.22. The second kappa shape index (κ2) is 10.6. The molecule has 0 radical (unpaired) electrons. The molecule has 0 aliphatic carbocycles. The van der Waals surface area contributed by atoms with Crippen molar-refractivity contribution in [3.63, 3.8) is 0 Å². The Morgan fingerprint density at radius 2 is 1.87 bits per heavy atom. The van der Waals surface area contributed by atoms with Crippen molar-refractivity contribution < 1.29 is 14.0 Å². The number of halogens is 2. The molecule has 31 heavy (non-hydrogen) atoms. The minimum absolute atomic E-state index is 0.0691. The number of aromatic nitrogens is 4. The van der Waals surface area contributed by atoms with Crippen LogP contribution in [-0.2, 0) is 16.0 Å². The number of carbonyl (C=O) groups is 2. The van der Waals surface area contributed by atoms with Crippen LogP contribution in [0.4, 0.5) is 4.39 Å². The van der Waals surface area contributed by atoms with Crippen LogP contribution in [-0.4, -0.2) is 45.1 Å². The van der Waals surface area contributed by atoms with Gasteiger partial charge in [0, 0.05) is 23.7 Å². The van der Waals surface area contributed by atoms with Crippen LogP contribution >= 0.6 is 11.6 Å². The molecule has 1 atom stereocenters. The van der Waals surface area contributed by atoms with Gasteiger partial charge >= 0.3 is 0 Å². The summed E-state index contributed by atoms with van der Waals surface area (Å²) in [6.07, 6.45) is 0.536. The summed E-state index contributed by atoms with van der Waals surface area (Å²) in [5.74, 6) is -0.518. The maximum absolute atomic E-state index is 13.2. The van der Waals surface area contributed by atoms with Crippen molar-refractivity contribution in [3.8, 4) is 11.4 Å². The van der Waals surface area contributed by atoms with Gasteiger partial charge < -0.3 is 10.6 Å². The van der Waals surface area contributed by atoms with E-state index in [0.717, 1.165) is 5.56 Å². The van der Waals surface area contributed by atoms with E-state index in [9.17, 15) is 14.0 Å².